The van der Waals surface area contributed by atoms with Gasteiger partial charge in [-0.05, 0) is 62.6 Å². The van der Waals surface area contributed by atoms with E-state index in [2.05, 4.69) is 23.5 Å². The van der Waals surface area contributed by atoms with Crippen LogP contribution >= 0.6 is 0 Å². The maximum absolute atomic E-state index is 15.0. The van der Waals surface area contributed by atoms with E-state index in [1.54, 1.807) is 15.7 Å². The summed E-state index contributed by atoms with van der Waals surface area (Å²) in [6, 6.07) is 15.2. The van der Waals surface area contributed by atoms with Crippen molar-refractivity contribution in [1.82, 2.24) is 24.8 Å². The van der Waals surface area contributed by atoms with Gasteiger partial charge < -0.3 is 24.4 Å². The SMILES string of the molecule is C=CCCCCOC(=O)[C@H]1[C@H]2C(=O)N([C@@H](CO)Cc3ccccc3)C(C(=O)N(CC=C)Cn3nnc4ccccc43)C23CC(C)[C@]1(C)O3. The molecule has 3 aliphatic rings. The largest absolute Gasteiger partial charge is 0.465 e. The number of aliphatic hydroxyl groups is 1. The minimum absolute atomic E-state index is 0.0517. The van der Waals surface area contributed by atoms with Crippen molar-refractivity contribution >= 4 is 28.8 Å². The van der Waals surface area contributed by atoms with Crippen molar-refractivity contribution in [3.63, 3.8) is 0 Å². The predicted molar refractivity (Wildman–Crippen MR) is 179 cm³/mol. The van der Waals surface area contributed by atoms with Crippen molar-refractivity contribution in [1.29, 1.82) is 0 Å². The molecule has 3 aromatic rings. The fourth-order valence-electron chi connectivity index (χ4n) is 8.23. The van der Waals surface area contributed by atoms with Crippen molar-refractivity contribution in [2.75, 3.05) is 19.8 Å². The van der Waals surface area contributed by atoms with E-state index in [0.29, 0.717) is 24.8 Å². The van der Waals surface area contributed by atoms with Crippen LogP contribution in [0.2, 0.25) is 0 Å². The minimum Gasteiger partial charge on any atom is -0.465 e. The molecule has 2 amide bonds. The number of nitrogens with zero attached hydrogens (tertiary/aromatic N) is 5. The molecule has 3 saturated heterocycles. The van der Waals surface area contributed by atoms with Gasteiger partial charge in [-0.15, -0.1) is 18.3 Å². The van der Waals surface area contributed by atoms with Crippen LogP contribution in [-0.2, 0) is 36.9 Å². The molecule has 4 heterocycles. The van der Waals surface area contributed by atoms with Gasteiger partial charge in [-0.1, -0.05) is 66.8 Å². The molecular formula is C37H45N5O6. The highest BCUT2D eigenvalue weighted by molar-refractivity contribution is 5.99. The lowest BCUT2D eigenvalue weighted by Crippen LogP contribution is -2.59. The molecule has 3 aliphatic heterocycles. The molecule has 48 heavy (non-hydrogen) atoms. The van der Waals surface area contributed by atoms with Crippen LogP contribution in [0.5, 0.6) is 0 Å². The average molecular weight is 656 g/mol. The minimum atomic E-state index is -1.30. The zero-order valence-corrected chi connectivity index (χ0v) is 27.7. The van der Waals surface area contributed by atoms with Gasteiger partial charge in [0.05, 0.1) is 36.3 Å². The van der Waals surface area contributed by atoms with Crippen molar-refractivity contribution in [3.05, 3.63) is 85.5 Å². The molecule has 254 valence electrons. The summed E-state index contributed by atoms with van der Waals surface area (Å²) < 4.78 is 14.4. The van der Waals surface area contributed by atoms with Crippen molar-refractivity contribution in [2.45, 2.75) is 75.9 Å². The summed E-state index contributed by atoms with van der Waals surface area (Å²) >= 11 is 0. The van der Waals surface area contributed by atoms with Gasteiger partial charge in [0.25, 0.3) is 0 Å². The highest BCUT2D eigenvalue weighted by Crippen LogP contribution is 2.65. The monoisotopic (exact) mass is 655 g/mol. The molecule has 3 fully saturated rings. The second-order valence-corrected chi connectivity index (χ2v) is 13.5. The summed E-state index contributed by atoms with van der Waals surface area (Å²) in [5, 5.41) is 19.4. The Hall–Kier alpha value is -4.35. The number of hydrogen-bond acceptors (Lipinski definition) is 8. The molecule has 0 aliphatic carbocycles. The van der Waals surface area contributed by atoms with Gasteiger partial charge in [0, 0.05) is 6.54 Å². The molecule has 11 nitrogen and oxygen atoms in total. The first-order chi connectivity index (χ1) is 23.2. The van der Waals surface area contributed by atoms with E-state index >= 15 is 4.79 Å². The smallest absolute Gasteiger partial charge is 0.312 e. The number of rotatable bonds is 15. The Morgan fingerprint density at radius 3 is 2.62 bits per heavy atom. The average Bonchev–Trinajstić information content (AvgIpc) is 3.76. The van der Waals surface area contributed by atoms with Crippen molar-refractivity contribution < 1.29 is 29.0 Å². The maximum Gasteiger partial charge on any atom is 0.312 e. The number of carbonyl (C=O) groups excluding carboxylic acids is 3. The topological polar surface area (TPSA) is 127 Å². The third-order valence-corrected chi connectivity index (χ3v) is 10.6. The fraction of sp³-hybridized carbons (Fsp3) is 0.486. The van der Waals surface area contributed by atoms with Crippen molar-refractivity contribution in [2.24, 2.45) is 17.8 Å². The Kier molecular flexibility index (Phi) is 9.53. The number of hydrogen-bond donors (Lipinski definition) is 1. The Balaban J connectivity index is 1.40. The van der Waals surface area contributed by atoms with E-state index in [0.717, 1.165) is 23.9 Å². The molecule has 1 N–H and O–H groups in total. The van der Waals surface area contributed by atoms with E-state index in [-0.39, 0.29) is 44.2 Å². The van der Waals surface area contributed by atoms with Gasteiger partial charge in [-0.25, -0.2) is 4.68 Å². The number of unbranched alkanes of at least 4 members (excludes halogenated alkanes) is 2. The molecule has 7 atom stereocenters. The van der Waals surface area contributed by atoms with Crippen LogP contribution in [0.3, 0.4) is 0 Å². The number of aromatic nitrogens is 3. The van der Waals surface area contributed by atoms with Gasteiger partial charge in [0.2, 0.25) is 11.8 Å². The number of allylic oxidation sites excluding steroid dienone is 1. The first kappa shape index (κ1) is 33.5. The molecule has 11 heteroatoms. The van der Waals surface area contributed by atoms with Gasteiger partial charge >= 0.3 is 5.97 Å². The van der Waals surface area contributed by atoms with Gasteiger partial charge in [-0.3, -0.25) is 14.4 Å². The zero-order valence-electron chi connectivity index (χ0n) is 27.7. The Morgan fingerprint density at radius 1 is 1.15 bits per heavy atom. The number of esters is 1. The van der Waals surface area contributed by atoms with Gasteiger partial charge in [0.15, 0.2) is 0 Å². The van der Waals surface area contributed by atoms with Crippen LogP contribution in [0.1, 0.15) is 45.1 Å². The predicted octanol–water partition coefficient (Wildman–Crippen LogP) is 3.92. The summed E-state index contributed by atoms with van der Waals surface area (Å²) in [7, 11) is 0. The first-order valence-corrected chi connectivity index (χ1v) is 16.8. The lowest BCUT2D eigenvalue weighted by Gasteiger charge is -2.39. The van der Waals surface area contributed by atoms with E-state index in [4.69, 9.17) is 9.47 Å². The summed E-state index contributed by atoms with van der Waals surface area (Å²) in [5.74, 6) is -3.24. The van der Waals surface area contributed by atoms with Crippen LogP contribution < -0.4 is 0 Å². The fourth-order valence-corrected chi connectivity index (χ4v) is 8.23. The molecule has 2 aromatic carbocycles. The Labute approximate surface area is 281 Å². The van der Waals surface area contributed by atoms with Gasteiger partial charge in [-0.2, -0.15) is 0 Å². The number of amides is 2. The van der Waals surface area contributed by atoms with Gasteiger partial charge in [0.1, 0.15) is 29.7 Å². The normalized spacial score (nSPS) is 28.0. The highest BCUT2D eigenvalue weighted by atomic mass is 16.6. The van der Waals surface area contributed by atoms with Crippen molar-refractivity contribution in [3.8, 4) is 0 Å². The molecule has 0 radical (unpaired) electrons. The number of para-hydroxylation sites is 1. The lowest BCUT2D eigenvalue weighted by atomic mass is 9.62. The van der Waals surface area contributed by atoms with Crippen LogP contribution in [0.15, 0.2) is 79.9 Å². The summed E-state index contributed by atoms with van der Waals surface area (Å²) in [6.45, 7) is 11.6. The summed E-state index contributed by atoms with van der Waals surface area (Å²) in [5.41, 5.74) is 0.0320. The zero-order chi connectivity index (χ0) is 34.1. The second kappa shape index (κ2) is 13.6. The molecule has 2 bridgehead atoms. The van der Waals surface area contributed by atoms with Crippen LogP contribution in [0.25, 0.3) is 11.0 Å². The number of likely N-dealkylation sites (tertiary alicyclic amines) is 1. The van der Waals surface area contributed by atoms with E-state index in [9.17, 15) is 14.7 Å². The third kappa shape index (κ3) is 5.62. The second-order valence-electron chi connectivity index (χ2n) is 13.5. The summed E-state index contributed by atoms with van der Waals surface area (Å²) in [4.78, 5) is 46.9. The highest BCUT2D eigenvalue weighted by Gasteiger charge is 2.80. The van der Waals surface area contributed by atoms with Crippen LogP contribution in [-0.4, -0.2) is 90.7 Å². The Morgan fingerprint density at radius 2 is 1.90 bits per heavy atom. The number of aliphatic hydroxyl groups excluding tert-OH is 1. The lowest BCUT2D eigenvalue weighted by molar-refractivity contribution is -0.164. The van der Waals surface area contributed by atoms with Crippen LogP contribution in [0.4, 0.5) is 0 Å². The van der Waals surface area contributed by atoms with E-state index < -0.39 is 41.1 Å². The van der Waals surface area contributed by atoms with E-state index in [1.807, 2.05) is 74.5 Å². The molecule has 1 aromatic heterocycles. The number of carbonyl (C=O) groups is 3. The first-order valence-electron chi connectivity index (χ1n) is 16.8. The van der Waals surface area contributed by atoms with Crippen LogP contribution in [0, 0.1) is 17.8 Å². The molecule has 1 spiro atoms. The summed E-state index contributed by atoms with van der Waals surface area (Å²) in [6.07, 6.45) is 6.49. The molecular weight excluding hydrogens is 610 g/mol. The molecule has 3 unspecified atom stereocenters. The maximum atomic E-state index is 15.0. The standard InChI is InChI=1S/C37H45N5O6/c1-5-7-8-14-20-47-35(46)31-30-33(44)42(27(23-43)21-26-15-10-9-11-16-26)32(37(30)22-25(3)36(31,4)48-37)34(45)40(19-6-2)24-41-29-18-13-12-17-28(29)38-39-41/h5-6,9-13,15-18,25,27,30-32,43H,1-2,7-8,14,19-24H2,3-4H3/t25?,27-,30+,31-,32?,36+,37?/m1/s1. The molecule has 6 rings (SSSR count). The number of fused-ring (bicyclic) bond motifs is 2. The number of ether oxygens (including phenoxy) is 2. The number of benzene rings is 2. The third-order valence-electron chi connectivity index (χ3n) is 10.6. The quantitative estimate of drug-likeness (QED) is 0.148. The molecule has 0 saturated carbocycles. The van der Waals surface area contributed by atoms with E-state index in [1.165, 1.54) is 4.90 Å². The Bertz CT molecular complexity index is 1680.